The number of carbonyl (C=O) groups excluding carboxylic acids is 1. The van der Waals surface area contributed by atoms with Gasteiger partial charge >= 0.3 is 6.09 Å². The topological polar surface area (TPSA) is 49.8 Å². The Labute approximate surface area is 125 Å². The van der Waals surface area contributed by atoms with Gasteiger partial charge in [-0.2, -0.15) is 0 Å². The van der Waals surface area contributed by atoms with E-state index >= 15 is 0 Å². The Morgan fingerprint density at radius 1 is 1.33 bits per heavy atom. The van der Waals surface area contributed by atoms with Crippen molar-refractivity contribution in [3.05, 3.63) is 36.0 Å². The fourth-order valence-corrected chi connectivity index (χ4v) is 3.63. The van der Waals surface area contributed by atoms with E-state index in [1.165, 1.54) is 6.42 Å². The summed E-state index contributed by atoms with van der Waals surface area (Å²) in [5.41, 5.74) is 1.97. The highest BCUT2D eigenvalue weighted by Gasteiger charge is 2.46. The molecular formula is C17H23NO3. The zero-order valence-electron chi connectivity index (χ0n) is 12.3. The van der Waals surface area contributed by atoms with Crippen molar-refractivity contribution >= 4 is 6.09 Å². The van der Waals surface area contributed by atoms with Gasteiger partial charge in [0.15, 0.2) is 12.3 Å². The van der Waals surface area contributed by atoms with Crippen LogP contribution in [0.25, 0.3) is 0 Å². The van der Waals surface area contributed by atoms with Crippen molar-refractivity contribution in [2.75, 3.05) is 0 Å². The molecule has 2 atom stereocenters. The predicted molar refractivity (Wildman–Crippen MR) is 80.6 cm³/mol. The predicted octanol–water partition coefficient (Wildman–Crippen LogP) is 3.29. The number of rotatable bonds is 3. The van der Waals surface area contributed by atoms with Crippen LogP contribution in [0.15, 0.2) is 36.0 Å². The highest BCUT2D eigenvalue weighted by molar-refractivity contribution is 5.72. The Morgan fingerprint density at radius 3 is 2.81 bits per heavy atom. The van der Waals surface area contributed by atoms with E-state index in [2.05, 4.69) is 12.7 Å². The third-order valence-electron chi connectivity index (χ3n) is 4.76. The average molecular weight is 289 g/mol. The van der Waals surface area contributed by atoms with E-state index in [1.807, 2.05) is 12.2 Å². The van der Waals surface area contributed by atoms with Gasteiger partial charge in [0.05, 0.1) is 0 Å². The lowest BCUT2D eigenvalue weighted by molar-refractivity contribution is 0.00466. The Morgan fingerprint density at radius 2 is 2.10 bits per heavy atom. The Bertz CT molecular complexity index is 488. The molecule has 1 heterocycles. The van der Waals surface area contributed by atoms with Crippen molar-refractivity contribution in [1.29, 1.82) is 0 Å². The molecule has 21 heavy (non-hydrogen) atoms. The second kappa shape index (κ2) is 6.06. The first-order valence-corrected chi connectivity index (χ1v) is 7.91. The van der Waals surface area contributed by atoms with Gasteiger partial charge in [0.1, 0.15) is 0 Å². The number of nitrogens with zero attached hydrogens (tertiary/aromatic N) is 1. The smallest absolute Gasteiger partial charge is 0.412 e. The molecule has 1 saturated heterocycles. The van der Waals surface area contributed by atoms with Crippen molar-refractivity contribution in [1.82, 2.24) is 4.90 Å². The summed E-state index contributed by atoms with van der Waals surface area (Å²) in [5, 5.41) is 10.6. The van der Waals surface area contributed by atoms with E-state index in [4.69, 9.17) is 4.74 Å². The molecule has 1 saturated carbocycles. The minimum Gasteiger partial charge on any atom is -0.436 e. The SMILES string of the molecule is C=CC1=C([C@H]2OC(=O)N(C3CCCCC3)[C@H]2O)C=CCC1. The maximum atomic E-state index is 12.2. The molecule has 3 rings (SSSR count). The van der Waals surface area contributed by atoms with Crippen LogP contribution < -0.4 is 0 Å². The lowest BCUT2D eigenvalue weighted by Crippen LogP contribution is -2.45. The number of carbonyl (C=O) groups is 1. The van der Waals surface area contributed by atoms with Crippen molar-refractivity contribution in [2.45, 2.75) is 63.3 Å². The molecular weight excluding hydrogens is 266 g/mol. The number of amides is 1. The summed E-state index contributed by atoms with van der Waals surface area (Å²) in [4.78, 5) is 13.8. The number of aliphatic hydroxyl groups is 1. The highest BCUT2D eigenvalue weighted by Crippen LogP contribution is 2.34. The Balaban J connectivity index is 1.82. The van der Waals surface area contributed by atoms with E-state index < -0.39 is 12.3 Å². The van der Waals surface area contributed by atoms with Crippen LogP contribution >= 0.6 is 0 Å². The molecule has 114 valence electrons. The van der Waals surface area contributed by atoms with Crippen LogP contribution in [0.5, 0.6) is 0 Å². The number of ether oxygens (including phenoxy) is 1. The molecule has 1 aliphatic heterocycles. The molecule has 3 aliphatic rings. The second-order valence-electron chi connectivity index (χ2n) is 6.04. The summed E-state index contributed by atoms with van der Waals surface area (Å²) in [6, 6.07) is 0.117. The van der Waals surface area contributed by atoms with Gasteiger partial charge < -0.3 is 9.84 Å². The van der Waals surface area contributed by atoms with Gasteiger partial charge in [-0.3, -0.25) is 4.90 Å². The van der Waals surface area contributed by atoms with Crippen LogP contribution in [0.2, 0.25) is 0 Å². The fourth-order valence-electron chi connectivity index (χ4n) is 3.63. The molecule has 4 nitrogen and oxygen atoms in total. The maximum absolute atomic E-state index is 12.2. The maximum Gasteiger partial charge on any atom is 0.412 e. The van der Waals surface area contributed by atoms with E-state index in [1.54, 1.807) is 4.90 Å². The number of aliphatic hydroxyl groups excluding tert-OH is 1. The molecule has 0 spiro atoms. The van der Waals surface area contributed by atoms with Gasteiger partial charge in [0.25, 0.3) is 0 Å². The third kappa shape index (κ3) is 2.64. The van der Waals surface area contributed by atoms with Gasteiger partial charge in [-0.15, -0.1) is 0 Å². The summed E-state index contributed by atoms with van der Waals surface area (Å²) in [5.74, 6) is 0. The first kappa shape index (κ1) is 14.4. The van der Waals surface area contributed by atoms with Gasteiger partial charge in [-0.1, -0.05) is 44.1 Å². The van der Waals surface area contributed by atoms with E-state index in [9.17, 15) is 9.90 Å². The molecule has 1 amide bonds. The third-order valence-corrected chi connectivity index (χ3v) is 4.76. The van der Waals surface area contributed by atoms with Crippen molar-refractivity contribution in [3.8, 4) is 0 Å². The van der Waals surface area contributed by atoms with Crippen LogP contribution in [-0.4, -0.2) is 34.5 Å². The van der Waals surface area contributed by atoms with Gasteiger partial charge in [-0.05, 0) is 36.8 Å². The molecule has 0 bridgehead atoms. The zero-order chi connectivity index (χ0) is 14.8. The first-order chi connectivity index (χ1) is 10.2. The molecule has 0 aromatic carbocycles. The van der Waals surface area contributed by atoms with Crippen molar-refractivity contribution in [2.24, 2.45) is 0 Å². The minimum absolute atomic E-state index is 0.117. The summed E-state index contributed by atoms with van der Waals surface area (Å²) in [6.45, 7) is 3.83. The van der Waals surface area contributed by atoms with E-state index in [-0.39, 0.29) is 12.1 Å². The molecule has 0 aromatic rings. The molecule has 1 N–H and O–H groups in total. The Hall–Kier alpha value is -1.55. The van der Waals surface area contributed by atoms with E-state index in [0.29, 0.717) is 0 Å². The average Bonchev–Trinajstić information content (AvgIpc) is 2.83. The normalized spacial score (nSPS) is 30.7. The highest BCUT2D eigenvalue weighted by atomic mass is 16.6. The van der Waals surface area contributed by atoms with Gasteiger partial charge in [0, 0.05) is 6.04 Å². The molecule has 0 unspecified atom stereocenters. The summed E-state index contributed by atoms with van der Waals surface area (Å²) in [6.07, 6.45) is 11.2. The zero-order valence-corrected chi connectivity index (χ0v) is 12.3. The molecule has 2 aliphatic carbocycles. The summed E-state index contributed by atoms with van der Waals surface area (Å²) >= 11 is 0. The van der Waals surface area contributed by atoms with E-state index in [0.717, 1.165) is 49.7 Å². The van der Waals surface area contributed by atoms with Gasteiger partial charge in [-0.25, -0.2) is 4.79 Å². The largest absolute Gasteiger partial charge is 0.436 e. The van der Waals surface area contributed by atoms with Crippen LogP contribution in [0.4, 0.5) is 4.79 Å². The lowest BCUT2D eigenvalue weighted by Gasteiger charge is -2.32. The van der Waals surface area contributed by atoms with Crippen LogP contribution in [0.3, 0.4) is 0 Å². The van der Waals surface area contributed by atoms with Crippen LogP contribution in [-0.2, 0) is 4.74 Å². The standard InChI is InChI=1S/C17H23NO3/c1-2-12-8-6-7-11-14(12)15-16(19)18(17(20)21-15)13-9-4-3-5-10-13/h2,7,11,13,15-16,19H,1,3-6,8-10H2/t15-,16+/m1/s1. The summed E-state index contributed by atoms with van der Waals surface area (Å²) < 4.78 is 5.49. The summed E-state index contributed by atoms with van der Waals surface area (Å²) in [7, 11) is 0. The first-order valence-electron chi connectivity index (χ1n) is 7.91. The molecule has 4 heteroatoms. The van der Waals surface area contributed by atoms with Crippen molar-refractivity contribution in [3.63, 3.8) is 0 Å². The van der Waals surface area contributed by atoms with Crippen molar-refractivity contribution < 1.29 is 14.6 Å². The number of hydrogen-bond acceptors (Lipinski definition) is 3. The number of cyclic esters (lactones) is 1. The molecule has 2 fully saturated rings. The quantitative estimate of drug-likeness (QED) is 0.867. The van der Waals surface area contributed by atoms with Crippen LogP contribution in [0, 0.1) is 0 Å². The van der Waals surface area contributed by atoms with Gasteiger partial charge in [0.2, 0.25) is 0 Å². The Kier molecular flexibility index (Phi) is 4.15. The monoisotopic (exact) mass is 289 g/mol. The minimum atomic E-state index is -0.881. The fraction of sp³-hybridized carbons (Fsp3) is 0.588. The molecule has 0 radical (unpaired) electrons. The van der Waals surface area contributed by atoms with Crippen LogP contribution in [0.1, 0.15) is 44.9 Å². The second-order valence-corrected chi connectivity index (χ2v) is 6.04. The number of allylic oxidation sites excluding steroid dienone is 3. The molecule has 0 aromatic heterocycles. The lowest BCUT2D eigenvalue weighted by atomic mass is 9.91. The number of hydrogen-bond donors (Lipinski definition) is 1.